The Bertz CT molecular complexity index is 849. The quantitative estimate of drug-likeness (QED) is 0.683. The number of ether oxygens (including phenoxy) is 1. The maximum atomic E-state index is 12.4. The third-order valence-electron chi connectivity index (χ3n) is 4.10. The van der Waals surface area contributed by atoms with E-state index < -0.39 is 0 Å². The van der Waals surface area contributed by atoms with Crippen molar-refractivity contribution >= 4 is 5.91 Å². The van der Waals surface area contributed by atoms with Crippen molar-refractivity contribution in [1.29, 1.82) is 0 Å². The minimum Gasteiger partial charge on any atom is -0.459 e. The average molecular weight is 355 g/mol. The normalized spacial score (nSPS) is 17.4. The second kappa shape index (κ2) is 7.44. The van der Waals surface area contributed by atoms with Crippen LogP contribution in [0.3, 0.4) is 0 Å². The molecular weight excluding hydrogens is 338 g/mol. The number of hydrogen-bond donors (Lipinski definition) is 0. The zero-order chi connectivity index (χ0) is 17.8. The number of amides is 1. The summed E-state index contributed by atoms with van der Waals surface area (Å²) in [6, 6.07) is 3.37. The summed E-state index contributed by atoms with van der Waals surface area (Å²) in [6.07, 6.45) is 7.85. The summed E-state index contributed by atoms with van der Waals surface area (Å²) in [5.41, 5.74) is 0.537. The monoisotopic (exact) mass is 355 g/mol. The highest BCUT2D eigenvalue weighted by atomic mass is 16.5. The molecule has 3 aromatic heterocycles. The van der Waals surface area contributed by atoms with Gasteiger partial charge < -0.3 is 18.6 Å². The van der Waals surface area contributed by atoms with Crippen molar-refractivity contribution in [3.8, 4) is 11.5 Å². The van der Waals surface area contributed by atoms with E-state index in [4.69, 9.17) is 13.7 Å². The Kier molecular flexibility index (Phi) is 4.69. The van der Waals surface area contributed by atoms with Crippen molar-refractivity contribution in [2.75, 3.05) is 13.1 Å². The van der Waals surface area contributed by atoms with Crippen LogP contribution in [0.2, 0.25) is 0 Å². The Hall–Kier alpha value is -3.07. The summed E-state index contributed by atoms with van der Waals surface area (Å²) in [5, 5.41) is 3.88. The number of likely N-dealkylation sites (tertiary alicyclic amines) is 1. The second-order valence-corrected chi connectivity index (χ2v) is 5.91. The Morgan fingerprint density at radius 1 is 1.38 bits per heavy atom. The fourth-order valence-corrected chi connectivity index (χ4v) is 2.84. The zero-order valence-corrected chi connectivity index (χ0v) is 13.9. The van der Waals surface area contributed by atoms with E-state index in [0.717, 1.165) is 12.8 Å². The fraction of sp³-hybridized carbons (Fsp3) is 0.353. The maximum absolute atomic E-state index is 12.4. The summed E-state index contributed by atoms with van der Waals surface area (Å²) in [5.74, 6) is 0.956. The Morgan fingerprint density at radius 2 is 2.35 bits per heavy atom. The first kappa shape index (κ1) is 16.4. The van der Waals surface area contributed by atoms with Crippen molar-refractivity contribution < 1.29 is 18.5 Å². The molecule has 0 aromatic carbocycles. The van der Waals surface area contributed by atoms with Crippen molar-refractivity contribution in [3.05, 3.63) is 48.6 Å². The van der Waals surface area contributed by atoms with Gasteiger partial charge in [0.25, 0.3) is 11.8 Å². The maximum Gasteiger partial charge on any atom is 0.289 e. The van der Waals surface area contributed by atoms with E-state index in [0.29, 0.717) is 36.3 Å². The van der Waals surface area contributed by atoms with Gasteiger partial charge in [0.1, 0.15) is 12.3 Å². The van der Waals surface area contributed by atoms with E-state index >= 15 is 0 Å². The van der Waals surface area contributed by atoms with Crippen LogP contribution in [0.1, 0.15) is 29.3 Å². The van der Waals surface area contributed by atoms with Crippen molar-refractivity contribution in [2.24, 2.45) is 0 Å². The molecule has 1 atom stereocenters. The van der Waals surface area contributed by atoms with Crippen LogP contribution in [-0.4, -0.2) is 50.1 Å². The first-order valence-corrected chi connectivity index (χ1v) is 8.33. The molecular formula is C17H17N5O4. The Morgan fingerprint density at radius 3 is 3.15 bits per heavy atom. The minimum atomic E-state index is -0.119. The molecule has 1 aliphatic heterocycles. The SMILES string of the molecule is O=C(c1ccco1)N1CCC[C@@H](OCc2nc(-c3cnccn3)no2)C1. The molecule has 1 aliphatic rings. The van der Waals surface area contributed by atoms with E-state index in [2.05, 4.69) is 20.1 Å². The smallest absolute Gasteiger partial charge is 0.289 e. The van der Waals surface area contributed by atoms with Crippen LogP contribution in [0.5, 0.6) is 0 Å². The lowest BCUT2D eigenvalue weighted by molar-refractivity contribution is -0.0160. The summed E-state index contributed by atoms with van der Waals surface area (Å²) < 4.78 is 16.2. The summed E-state index contributed by atoms with van der Waals surface area (Å²) in [4.78, 5) is 26.5. The number of piperidine rings is 1. The predicted octanol–water partition coefficient (Wildman–Crippen LogP) is 1.94. The second-order valence-electron chi connectivity index (χ2n) is 5.91. The van der Waals surface area contributed by atoms with Crippen molar-refractivity contribution in [2.45, 2.75) is 25.6 Å². The number of hydrogen-bond acceptors (Lipinski definition) is 8. The molecule has 0 bridgehead atoms. The highest BCUT2D eigenvalue weighted by molar-refractivity contribution is 5.91. The Balaban J connectivity index is 1.33. The highest BCUT2D eigenvalue weighted by Crippen LogP contribution is 2.18. The third kappa shape index (κ3) is 3.62. The number of carbonyl (C=O) groups is 1. The van der Waals surface area contributed by atoms with Gasteiger partial charge in [-0.1, -0.05) is 5.16 Å². The Labute approximate surface area is 149 Å². The van der Waals surface area contributed by atoms with Gasteiger partial charge in [0.05, 0.1) is 18.6 Å². The molecule has 26 heavy (non-hydrogen) atoms. The lowest BCUT2D eigenvalue weighted by Crippen LogP contribution is -2.43. The summed E-state index contributed by atoms with van der Waals surface area (Å²) in [7, 11) is 0. The molecule has 0 spiro atoms. The highest BCUT2D eigenvalue weighted by Gasteiger charge is 2.26. The third-order valence-corrected chi connectivity index (χ3v) is 4.10. The van der Waals surface area contributed by atoms with Gasteiger partial charge in [-0.25, -0.2) is 4.98 Å². The van der Waals surface area contributed by atoms with E-state index in [1.165, 1.54) is 6.26 Å². The molecule has 0 aliphatic carbocycles. The average Bonchev–Trinajstić information content (AvgIpc) is 3.39. The number of carbonyl (C=O) groups excluding carboxylic acids is 1. The molecule has 0 unspecified atom stereocenters. The molecule has 134 valence electrons. The van der Waals surface area contributed by atoms with E-state index in [1.807, 2.05) is 0 Å². The van der Waals surface area contributed by atoms with Crippen LogP contribution in [-0.2, 0) is 11.3 Å². The van der Waals surface area contributed by atoms with Gasteiger partial charge in [0.15, 0.2) is 5.76 Å². The molecule has 1 fully saturated rings. The van der Waals surface area contributed by atoms with Gasteiger partial charge in [-0.15, -0.1) is 0 Å². The minimum absolute atomic E-state index is 0.0884. The number of rotatable bonds is 5. The molecule has 3 aromatic rings. The molecule has 4 rings (SSSR count). The van der Waals surface area contributed by atoms with Gasteiger partial charge >= 0.3 is 0 Å². The van der Waals surface area contributed by atoms with Crippen molar-refractivity contribution in [1.82, 2.24) is 25.0 Å². The lowest BCUT2D eigenvalue weighted by atomic mass is 10.1. The molecule has 0 radical (unpaired) electrons. The molecule has 0 saturated carbocycles. The molecule has 1 saturated heterocycles. The van der Waals surface area contributed by atoms with Crippen molar-refractivity contribution in [3.63, 3.8) is 0 Å². The predicted molar refractivity (Wildman–Crippen MR) is 87.7 cm³/mol. The number of aromatic nitrogens is 4. The van der Waals surface area contributed by atoms with Crippen LogP contribution in [0, 0.1) is 0 Å². The zero-order valence-electron chi connectivity index (χ0n) is 13.9. The van der Waals surface area contributed by atoms with Crippen LogP contribution in [0.4, 0.5) is 0 Å². The van der Waals surface area contributed by atoms with Crippen LogP contribution in [0.15, 0.2) is 45.9 Å². The molecule has 4 heterocycles. The molecule has 9 heteroatoms. The first-order valence-electron chi connectivity index (χ1n) is 8.33. The van der Waals surface area contributed by atoms with E-state index in [1.54, 1.807) is 35.6 Å². The first-order chi connectivity index (χ1) is 12.8. The van der Waals surface area contributed by atoms with Crippen LogP contribution < -0.4 is 0 Å². The summed E-state index contributed by atoms with van der Waals surface area (Å²) >= 11 is 0. The van der Waals surface area contributed by atoms with Gasteiger partial charge in [-0.3, -0.25) is 9.78 Å². The van der Waals surface area contributed by atoms with E-state index in [-0.39, 0.29) is 18.6 Å². The van der Waals surface area contributed by atoms with Crippen LogP contribution in [0.25, 0.3) is 11.5 Å². The molecule has 9 nitrogen and oxygen atoms in total. The van der Waals surface area contributed by atoms with E-state index in [9.17, 15) is 4.79 Å². The van der Waals surface area contributed by atoms with Gasteiger partial charge in [-0.2, -0.15) is 4.98 Å². The molecule has 0 N–H and O–H groups in total. The molecule has 1 amide bonds. The van der Waals surface area contributed by atoms with Gasteiger partial charge in [0, 0.05) is 25.5 Å². The topological polar surface area (TPSA) is 107 Å². The fourth-order valence-electron chi connectivity index (χ4n) is 2.84. The van der Waals surface area contributed by atoms with Crippen LogP contribution >= 0.6 is 0 Å². The standard InChI is InChI=1S/C17H17N5O4/c23-17(14-4-2-8-24-14)22-7-1-3-12(10-22)25-11-15-20-16(21-26-15)13-9-18-5-6-19-13/h2,4-6,8-9,12H,1,3,7,10-11H2/t12-/m1/s1. The van der Waals surface area contributed by atoms with Gasteiger partial charge in [-0.05, 0) is 25.0 Å². The largest absolute Gasteiger partial charge is 0.459 e. The number of nitrogens with zero attached hydrogens (tertiary/aromatic N) is 5. The van der Waals surface area contributed by atoms with Gasteiger partial charge in [0.2, 0.25) is 5.82 Å². The number of furan rings is 1. The lowest BCUT2D eigenvalue weighted by Gasteiger charge is -2.31. The summed E-state index contributed by atoms with van der Waals surface area (Å²) in [6.45, 7) is 1.38.